The Kier molecular flexibility index (Phi) is 4.25. The zero-order valence-corrected chi connectivity index (χ0v) is 9.42. The average molecular weight is 232 g/mol. The Labute approximate surface area is 89.3 Å². The normalized spacial score (nSPS) is 14.0. The maximum absolute atomic E-state index is 11.5. The summed E-state index contributed by atoms with van der Waals surface area (Å²) in [5, 5.41) is 6.07. The fraction of sp³-hybridized carbons (Fsp3) is 0.625. The number of hydrogen-bond donors (Lipinski definition) is 3. The summed E-state index contributed by atoms with van der Waals surface area (Å²) in [5.41, 5.74) is 5.54. The fourth-order valence-electron chi connectivity index (χ4n) is 1.10. The van der Waals surface area contributed by atoms with E-state index >= 15 is 0 Å². The smallest absolute Gasteiger partial charge is 0.257 e. The molecule has 0 aromatic carbocycles. The van der Waals surface area contributed by atoms with Gasteiger partial charge in [-0.15, -0.1) is 0 Å². The first-order chi connectivity index (χ1) is 7.02. The van der Waals surface area contributed by atoms with Gasteiger partial charge in [-0.25, -0.2) is 13.1 Å². The van der Waals surface area contributed by atoms with Crippen molar-refractivity contribution in [2.45, 2.75) is 30.8 Å². The van der Waals surface area contributed by atoms with Crippen LogP contribution >= 0.6 is 0 Å². The molecule has 86 valence electrons. The Balaban J connectivity index is 2.39. The van der Waals surface area contributed by atoms with Crippen LogP contribution in [0.4, 0.5) is 0 Å². The molecule has 0 fully saturated rings. The average Bonchev–Trinajstić information content (AvgIpc) is 2.65. The minimum atomic E-state index is -3.42. The number of sulfonamides is 1. The van der Waals surface area contributed by atoms with Crippen LogP contribution in [0.5, 0.6) is 0 Å². The molecule has 1 atom stereocenters. The molecular weight excluding hydrogens is 216 g/mol. The Hall–Kier alpha value is -0.920. The van der Waals surface area contributed by atoms with E-state index in [2.05, 4.69) is 14.9 Å². The lowest BCUT2D eigenvalue weighted by molar-refractivity contribution is 0.564. The standard InChI is InChI=1S/C8H16N4O2S/c1-7(9)3-2-5-11-15(13,14)8-4-6-10-12-8/h4,6-7,11H,2-3,5,9H2,1H3,(H,10,12). The summed E-state index contributed by atoms with van der Waals surface area (Å²) in [6, 6.07) is 1.51. The summed E-state index contributed by atoms with van der Waals surface area (Å²) in [5.74, 6) is 0. The van der Waals surface area contributed by atoms with Crippen LogP contribution in [0.1, 0.15) is 19.8 Å². The highest BCUT2D eigenvalue weighted by Gasteiger charge is 2.13. The van der Waals surface area contributed by atoms with Crippen molar-refractivity contribution in [3.8, 4) is 0 Å². The summed E-state index contributed by atoms with van der Waals surface area (Å²) >= 11 is 0. The Bertz CT molecular complexity index is 371. The maximum Gasteiger partial charge on any atom is 0.257 e. The Morgan fingerprint density at radius 1 is 1.67 bits per heavy atom. The van der Waals surface area contributed by atoms with Crippen molar-refractivity contribution in [2.24, 2.45) is 5.73 Å². The zero-order chi connectivity index (χ0) is 11.3. The van der Waals surface area contributed by atoms with E-state index in [4.69, 9.17) is 5.73 Å². The molecule has 4 N–H and O–H groups in total. The predicted molar refractivity (Wildman–Crippen MR) is 56.7 cm³/mol. The van der Waals surface area contributed by atoms with Crippen LogP contribution in [0.2, 0.25) is 0 Å². The topological polar surface area (TPSA) is 101 Å². The molecule has 0 aliphatic carbocycles. The van der Waals surface area contributed by atoms with Crippen LogP contribution in [0.15, 0.2) is 17.3 Å². The van der Waals surface area contributed by atoms with Gasteiger partial charge in [0.15, 0.2) is 5.03 Å². The van der Waals surface area contributed by atoms with Crippen LogP contribution in [0.25, 0.3) is 0 Å². The Morgan fingerprint density at radius 3 is 2.93 bits per heavy atom. The molecule has 1 rings (SSSR count). The number of nitrogens with two attached hydrogens (primary N) is 1. The molecule has 0 saturated carbocycles. The maximum atomic E-state index is 11.5. The van der Waals surface area contributed by atoms with Crippen molar-refractivity contribution in [2.75, 3.05) is 6.54 Å². The van der Waals surface area contributed by atoms with Gasteiger partial charge >= 0.3 is 0 Å². The molecule has 1 aromatic rings. The molecule has 0 amide bonds. The first kappa shape index (κ1) is 12.2. The monoisotopic (exact) mass is 232 g/mol. The fourth-order valence-corrected chi connectivity index (χ4v) is 2.08. The lowest BCUT2D eigenvalue weighted by atomic mass is 10.2. The Morgan fingerprint density at radius 2 is 2.40 bits per heavy atom. The molecule has 0 aliphatic heterocycles. The SMILES string of the molecule is CC(N)CCCNS(=O)(=O)c1ccn[nH]1. The van der Waals surface area contributed by atoms with Gasteiger partial charge in [-0.3, -0.25) is 5.10 Å². The zero-order valence-electron chi connectivity index (χ0n) is 8.60. The summed E-state index contributed by atoms with van der Waals surface area (Å²) in [4.78, 5) is 0. The molecule has 0 radical (unpaired) electrons. The third-order valence-electron chi connectivity index (χ3n) is 1.89. The number of hydrogen-bond acceptors (Lipinski definition) is 4. The molecule has 0 aliphatic rings. The molecule has 1 unspecified atom stereocenters. The van der Waals surface area contributed by atoms with E-state index in [1.807, 2.05) is 6.92 Å². The predicted octanol–water partition coefficient (Wildman–Crippen LogP) is -0.185. The lowest BCUT2D eigenvalue weighted by Crippen LogP contribution is -2.26. The van der Waals surface area contributed by atoms with E-state index in [9.17, 15) is 8.42 Å². The molecule has 6 nitrogen and oxygen atoms in total. The highest BCUT2D eigenvalue weighted by Crippen LogP contribution is 2.02. The number of nitrogens with zero attached hydrogens (tertiary/aromatic N) is 1. The molecule has 0 saturated heterocycles. The minimum Gasteiger partial charge on any atom is -0.328 e. The third-order valence-corrected chi connectivity index (χ3v) is 3.28. The first-order valence-corrected chi connectivity index (χ1v) is 6.25. The van der Waals surface area contributed by atoms with Gasteiger partial charge in [0.1, 0.15) is 0 Å². The largest absolute Gasteiger partial charge is 0.328 e. The summed E-state index contributed by atoms with van der Waals surface area (Å²) in [6.07, 6.45) is 2.92. The highest BCUT2D eigenvalue weighted by molar-refractivity contribution is 7.89. The molecule has 15 heavy (non-hydrogen) atoms. The van der Waals surface area contributed by atoms with Crippen molar-refractivity contribution < 1.29 is 8.42 Å². The van der Waals surface area contributed by atoms with Gasteiger partial charge in [0, 0.05) is 12.6 Å². The van der Waals surface area contributed by atoms with Gasteiger partial charge in [-0.05, 0) is 25.8 Å². The van der Waals surface area contributed by atoms with E-state index in [0.29, 0.717) is 6.54 Å². The number of H-pyrrole nitrogens is 1. The van der Waals surface area contributed by atoms with E-state index < -0.39 is 10.0 Å². The van der Waals surface area contributed by atoms with Crippen molar-refractivity contribution in [1.82, 2.24) is 14.9 Å². The number of rotatable bonds is 6. The van der Waals surface area contributed by atoms with Crippen LogP contribution in [0.3, 0.4) is 0 Å². The van der Waals surface area contributed by atoms with Crippen LogP contribution in [-0.4, -0.2) is 31.2 Å². The van der Waals surface area contributed by atoms with Crippen LogP contribution in [0, 0.1) is 0 Å². The van der Waals surface area contributed by atoms with Crippen molar-refractivity contribution in [3.05, 3.63) is 12.3 Å². The quantitative estimate of drug-likeness (QED) is 0.592. The van der Waals surface area contributed by atoms with Gasteiger partial charge in [-0.1, -0.05) is 0 Å². The van der Waals surface area contributed by atoms with Crippen LogP contribution in [-0.2, 0) is 10.0 Å². The summed E-state index contributed by atoms with van der Waals surface area (Å²) in [6.45, 7) is 2.28. The molecule has 7 heteroatoms. The van der Waals surface area contributed by atoms with Gasteiger partial charge < -0.3 is 5.73 Å². The van der Waals surface area contributed by atoms with Gasteiger partial charge in [-0.2, -0.15) is 5.10 Å². The first-order valence-electron chi connectivity index (χ1n) is 4.77. The van der Waals surface area contributed by atoms with E-state index in [0.717, 1.165) is 12.8 Å². The van der Waals surface area contributed by atoms with E-state index in [1.54, 1.807) is 0 Å². The summed E-state index contributed by atoms with van der Waals surface area (Å²) in [7, 11) is -3.42. The number of aromatic amines is 1. The number of aromatic nitrogens is 2. The van der Waals surface area contributed by atoms with Gasteiger partial charge in [0.05, 0.1) is 6.20 Å². The number of nitrogens with one attached hydrogen (secondary N) is 2. The van der Waals surface area contributed by atoms with Crippen molar-refractivity contribution in [1.29, 1.82) is 0 Å². The van der Waals surface area contributed by atoms with Gasteiger partial charge in [0.25, 0.3) is 10.0 Å². The molecular formula is C8H16N4O2S. The van der Waals surface area contributed by atoms with Gasteiger partial charge in [0.2, 0.25) is 0 Å². The molecule has 0 spiro atoms. The van der Waals surface area contributed by atoms with Crippen LogP contribution < -0.4 is 10.5 Å². The lowest BCUT2D eigenvalue weighted by Gasteiger charge is -2.06. The van der Waals surface area contributed by atoms with E-state index in [-0.39, 0.29) is 11.1 Å². The van der Waals surface area contributed by atoms with E-state index in [1.165, 1.54) is 12.3 Å². The summed E-state index contributed by atoms with van der Waals surface area (Å²) < 4.78 is 25.5. The van der Waals surface area contributed by atoms with Crippen molar-refractivity contribution >= 4 is 10.0 Å². The minimum absolute atomic E-state index is 0.0864. The second-order valence-electron chi connectivity index (χ2n) is 3.44. The molecule has 1 aromatic heterocycles. The highest BCUT2D eigenvalue weighted by atomic mass is 32.2. The third kappa shape index (κ3) is 3.98. The molecule has 1 heterocycles. The van der Waals surface area contributed by atoms with Crippen molar-refractivity contribution in [3.63, 3.8) is 0 Å². The second kappa shape index (κ2) is 5.24. The second-order valence-corrected chi connectivity index (χ2v) is 5.17. The molecule has 0 bridgehead atoms.